The van der Waals surface area contributed by atoms with Crippen LogP contribution in [-0.2, 0) is 0 Å². The SMILES string of the molecule is BrCC=Cc1ccc2sccc2c1. The lowest BCUT2D eigenvalue weighted by Gasteiger charge is -1.93. The van der Waals surface area contributed by atoms with Gasteiger partial charge in [-0.05, 0) is 34.5 Å². The van der Waals surface area contributed by atoms with E-state index < -0.39 is 0 Å². The van der Waals surface area contributed by atoms with Crippen LogP contribution in [-0.4, -0.2) is 5.33 Å². The number of rotatable bonds is 2. The second-order valence-corrected chi connectivity index (χ2v) is 4.37. The molecule has 0 bridgehead atoms. The lowest BCUT2D eigenvalue weighted by atomic mass is 10.1. The van der Waals surface area contributed by atoms with Crippen LogP contribution in [0.3, 0.4) is 0 Å². The molecule has 1 heterocycles. The predicted molar refractivity (Wildman–Crippen MR) is 64.7 cm³/mol. The normalized spacial score (nSPS) is 11.5. The average molecular weight is 253 g/mol. The first-order valence-corrected chi connectivity index (χ1v) is 6.10. The zero-order valence-electron chi connectivity index (χ0n) is 7.03. The third-order valence-corrected chi connectivity index (χ3v) is 3.15. The first kappa shape index (κ1) is 8.97. The molecule has 0 aliphatic rings. The van der Waals surface area contributed by atoms with E-state index in [1.165, 1.54) is 15.6 Å². The van der Waals surface area contributed by atoms with Gasteiger partial charge in [0, 0.05) is 10.0 Å². The first-order chi connectivity index (χ1) is 6.40. The second-order valence-electron chi connectivity index (χ2n) is 2.77. The lowest BCUT2D eigenvalue weighted by Crippen LogP contribution is -1.70. The summed E-state index contributed by atoms with van der Waals surface area (Å²) in [4.78, 5) is 0. The van der Waals surface area contributed by atoms with Crippen LogP contribution in [0.15, 0.2) is 35.7 Å². The zero-order chi connectivity index (χ0) is 9.10. The summed E-state index contributed by atoms with van der Waals surface area (Å²) in [5.74, 6) is 0. The summed E-state index contributed by atoms with van der Waals surface area (Å²) < 4.78 is 1.36. The second kappa shape index (κ2) is 4.07. The maximum Gasteiger partial charge on any atom is 0.0343 e. The molecule has 0 aliphatic carbocycles. The Labute approximate surface area is 90.0 Å². The Morgan fingerprint density at radius 3 is 3.08 bits per heavy atom. The van der Waals surface area contributed by atoms with Gasteiger partial charge in [-0.1, -0.05) is 34.1 Å². The lowest BCUT2D eigenvalue weighted by molar-refractivity contribution is 1.74. The maximum absolute atomic E-state index is 3.36. The molecule has 0 amide bonds. The van der Waals surface area contributed by atoms with Crippen molar-refractivity contribution in [3.8, 4) is 0 Å². The molecule has 0 saturated carbocycles. The molecular formula is C11H9BrS. The summed E-state index contributed by atoms with van der Waals surface area (Å²) in [5.41, 5.74) is 1.27. The molecule has 2 heteroatoms. The van der Waals surface area contributed by atoms with Gasteiger partial charge in [0.1, 0.15) is 0 Å². The standard InChI is InChI=1S/C11H9BrS/c12-6-1-2-9-3-4-11-10(8-9)5-7-13-11/h1-5,7-8H,6H2. The van der Waals surface area contributed by atoms with Gasteiger partial charge in [-0.25, -0.2) is 0 Å². The van der Waals surface area contributed by atoms with Crippen LogP contribution in [0.1, 0.15) is 5.56 Å². The molecule has 1 aromatic carbocycles. The minimum absolute atomic E-state index is 0.911. The Hall–Kier alpha value is -0.600. The maximum atomic E-state index is 3.36. The molecule has 66 valence electrons. The number of benzene rings is 1. The molecule has 0 nitrogen and oxygen atoms in total. The Bertz CT molecular complexity index is 428. The molecule has 0 spiro atoms. The molecule has 0 fully saturated rings. The topological polar surface area (TPSA) is 0 Å². The summed E-state index contributed by atoms with van der Waals surface area (Å²) in [6.07, 6.45) is 4.24. The third-order valence-electron chi connectivity index (χ3n) is 1.88. The number of thiophene rings is 1. The predicted octanol–water partition coefficient (Wildman–Crippen LogP) is 4.31. The van der Waals surface area contributed by atoms with E-state index in [4.69, 9.17) is 0 Å². The van der Waals surface area contributed by atoms with Gasteiger partial charge >= 0.3 is 0 Å². The van der Waals surface area contributed by atoms with E-state index in [9.17, 15) is 0 Å². The van der Waals surface area contributed by atoms with E-state index in [-0.39, 0.29) is 0 Å². The van der Waals surface area contributed by atoms with Crippen LogP contribution in [0, 0.1) is 0 Å². The molecule has 0 saturated heterocycles. The number of alkyl halides is 1. The summed E-state index contributed by atoms with van der Waals surface area (Å²) in [6, 6.07) is 8.70. The number of hydrogen-bond donors (Lipinski definition) is 0. The Balaban J connectivity index is 2.42. The van der Waals surface area contributed by atoms with Crippen LogP contribution in [0.5, 0.6) is 0 Å². The van der Waals surface area contributed by atoms with Crippen molar-refractivity contribution in [2.75, 3.05) is 5.33 Å². The van der Waals surface area contributed by atoms with Crippen LogP contribution < -0.4 is 0 Å². The number of halogens is 1. The van der Waals surface area contributed by atoms with Crippen molar-refractivity contribution in [3.05, 3.63) is 41.3 Å². The molecule has 0 unspecified atom stereocenters. The van der Waals surface area contributed by atoms with Crippen molar-refractivity contribution in [3.63, 3.8) is 0 Å². The Kier molecular flexibility index (Phi) is 2.81. The fourth-order valence-electron chi connectivity index (χ4n) is 1.27. The van der Waals surface area contributed by atoms with Crippen molar-refractivity contribution < 1.29 is 0 Å². The molecule has 13 heavy (non-hydrogen) atoms. The first-order valence-electron chi connectivity index (χ1n) is 4.10. The van der Waals surface area contributed by atoms with Crippen LogP contribution in [0.2, 0.25) is 0 Å². The zero-order valence-corrected chi connectivity index (χ0v) is 9.44. The molecule has 0 radical (unpaired) electrons. The largest absolute Gasteiger partial charge is 0.144 e. The number of fused-ring (bicyclic) bond motifs is 1. The van der Waals surface area contributed by atoms with Gasteiger partial charge < -0.3 is 0 Å². The third kappa shape index (κ3) is 2.01. The minimum Gasteiger partial charge on any atom is -0.144 e. The van der Waals surface area contributed by atoms with Crippen molar-refractivity contribution in [2.45, 2.75) is 0 Å². The van der Waals surface area contributed by atoms with E-state index in [0.29, 0.717) is 0 Å². The van der Waals surface area contributed by atoms with Crippen LogP contribution in [0.4, 0.5) is 0 Å². The van der Waals surface area contributed by atoms with Crippen molar-refractivity contribution >= 4 is 43.4 Å². The summed E-state index contributed by atoms with van der Waals surface area (Å²) in [7, 11) is 0. The van der Waals surface area contributed by atoms with E-state index >= 15 is 0 Å². The highest BCUT2D eigenvalue weighted by Crippen LogP contribution is 2.22. The fraction of sp³-hybridized carbons (Fsp3) is 0.0909. The molecule has 2 rings (SSSR count). The Morgan fingerprint density at radius 2 is 2.23 bits per heavy atom. The van der Waals surface area contributed by atoms with Gasteiger partial charge in [0.15, 0.2) is 0 Å². The highest BCUT2D eigenvalue weighted by atomic mass is 79.9. The quantitative estimate of drug-likeness (QED) is 0.699. The highest BCUT2D eigenvalue weighted by molar-refractivity contribution is 9.09. The van der Waals surface area contributed by atoms with Gasteiger partial charge in [0.05, 0.1) is 0 Å². The van der Waals surface area contributed by atoms with Gasteiger partial charge in [-0.15, -0.1) is 11.3 Å². The van der Waals surface area contributed by atoms with Crippen molar-refractivity contribution in [1.82, 2.24) is 0 Å². The van der Waals surface area contributed by atoms with E-state index in [1.807, 2.05) is 0 Å². The molecule has 0 aliphatic heterocycles. The van der Waals surface area contributed by atoms with Gasteiger partial charge in [0.25, 0.3) is 0 Å². The average Bonchev–Trinajstić information content (AvgIpc) is 2.61. The van der Waals surface area contributed by atoms with E-state index in [0.717, 1.165) is 5.33 Å². The molecule has 2 aromatic rings. The number of hydrogen-bond acceptors (Lipinski definition) is 1. The van der Waals surface area contributed by atoms with E-state index in [1.54, 1.807) is 11.3 Å². The highest BCUT2D eigenvalue weighted by Gasteiger charge is 1.93. The summed E-state index contributed by atoms with van der Waals surface area (Å²) >= 11 is 5.15. The van der Waals surface area contributed by atoms with Crippen LogP contribution in [0.25, 0.3) is 16.2 Å². The van der Waals surface area contributed by atoms with Crippen molar-refractivity contribution in [1.29, 1.82) is 0 Å². The van der Waals surface area contributed by atoms with Gasteiger partial charge in [-0.2, -0.15) is 0 Å². The summed E-state index contributed by atoms with van der Waals surface area (Å²) in [5, 5.41) is 4.37. The molecule has 0 atom stereocenters. The smallest absolute Gasteiger partial charge is 0.0343 e. The summed E-state index contributed by atoms with van der Waals surface area (Å²) in [6.45, 7) is 0. The molecule has 0 N–H and O–H groups in total. The van der Waals surface area contributed by atoms with Crippen LogP contribution >= 0.6 is 27.3 Å². The van der Waals surface area contributed by atoms with Crippen molar-refractivity contribution in [2.24, 2.45) is 0 Å². The number of allylic oxidation sites excluding steroid dienone is 1. The molecule has 1 aromatic heterocycles. The van der Waals surface area contributed by atoms with E-state index in [2.05, 4.69) is 57.7 Å². The van der Waals surface area contributed by atoms with Gasteiger partial charge in [0.2, 0.25) is 0 Å². The Morgan fingerprint density at radius 1 is 1.31 bits per heavy atom. The molecular weight excluding hydrogens is 244 g/mol. The fourth-order valence-corrected chi connectivity index (χ4v) is 2.23. The monoisotopic (exact) mass is 252 g/mol. The minimum atomic E-state index is 0.911. The van der Waals surface area contributed by atoms with Gasteiger partial charge in [-0.3, -0.25) is 0 Å².